The largest absolute Gasteiger partial charge is 0.0991 e. The molecular weight excluding hydrogens is 240 g/mol. The predicted molar refractivity (Wildman–Crippen MR) is 98.2 cm³/mol. The first-order chi connectivity index (χ1) is 9.71. The van der Waals surface area contributed by atoms with E-state index < -0.39 is 0 Å². The second kappa shape index (κ2) is 20.3. The first-order valence-corrected chi connectivity index (χ1v) is 8.35. The topological polar surface area (TPSA) is 0 Å². The van der Waals surface area contributed by atoms with E-state index in [-0.39, 0.29) is 0 Å². The minimum atomic E-state index is 0.598. The van der Waals surface area contributed by atoms with Gasteiger partial charge in [0, 0.05) is 0 Å². The molecule has 0 unspecified atom stereocenters. The van der Waals surface area contributed by atoms with Crippen molar-refractivity contribution < 1.29 is 0 Å². The summed E-state index contributed by atoms with van der Waals surface area (Å²) in [4.78, 5) is 0. The van der Waals surface area contributed by atoms with Gasteiger partial charge in [0.25, 0.3) is 0 Å². The molecular formula is C20H38. The van der Waals surface area contributed by atoms with Gasteiger partial charge in [-0.2, -0.15) is 0 Å². The Labute approximate surface area is 129 Å². The van der Waals surface area contributed by atoms with E-state index in [0.29, 0.717) is 5.92 Å². The number of allylic oxidation sites excluding steroid dienone is 6. The molecule has 0 nitrogen and oxygen atoms in total. The van der Waals surface area contributed by atoms with Gasteiger partial charge >= 0.3 is 0 Å². The van der Waals surface area contributed by atoms with Gasteiger partial charge in [-0.15, -0.1) is 0 Å². The lowest BCUT2D eigenvalue weighted by Gasteiger charge is -2.17. The maximum atomic E-state index is 3.81. The van der Waals surface area contributed by atoms with Crippen LogP contribution >= 0.6 is 0 Å². The third-order valence-corrected chi connectivity index (χ3v) is 2.93. The van der Waals surface area contributed by atoms with E-state index in [4.69, 9.17) is 0 Å². The Morgan fingerprint density at radius 1 is 0.950 bits per heavy atom. The van der Waals surface area contributed by atoms with Crippen molar-refractivity contribution in [1.82, 2.24) is 0 Å². The summed E-state index contributed by atoms with van der Waals surface area (Å²) < 4.78 is 0. The predicted octanol–water partition coefficient (Wildman–Crippen LogP) is 7.50. The maximum Gasteiger partial charge on any atom is -0.0190 e. The fraction of sp³-hybridized carbons (Fsp3) is 0.600. The zero-order valence-electron chi connectivity index (χ0n) is 15.1. The summed E-state index contributed by atoms with van der Waals surface area (Å²) in [5.74, 6) is 0.598. The highest BCUT2D eigenvalue weighted by Gasteiger charge is 2.10. The third kappa shape index (κ3) is 12.0. The third-order valence-electron chi connectivity index (χ3n) is 2.93. The number of rotatable bonds is 8. The first-order valence-electron chi connectivity index (χ1n) is 8.35. The van der Waals surface area contributed by atoms with E-state index in [2.05, 4.69) is 46.1 Å². The van der Waals surface area contributed by atoms with Crippen molar-refractivity contribution in [2.45, 2.75) is 74.1 Å². The molecule has 118 valence electrons. The molecule has 0 amide bonds. The summed E-state index contributed by atoms with van der Waals surface area (Å²) in [5, 5.41) is 0. The van der Waals surface area contributed by atoms with E-state index in [1.165, 1.54) is 30.4 Å². The van der Waals surface area contributed by atoms with Gasteiger partial charge in [0.05, 0.1) is 0 Å². The standard InChI is InChI=1S/C16H26.2C2H6/c1-6-10-13-15(11-7-2)16(12-8-3)14(5)9-4;2*1-2/h7-8,11-12,14H,2-3,6,9-10,13H2,1,4-5H3;2*1-2H3/b15-11+,16-12+;;/t14-;;/m1../s1. The van der Waals surface area contributed by atoms with Crippen LogP contribution in [0.2, 0.25) is 0 Å². The van der Waals surface area contributed by atoms with Crippen molar-refractivity contribution in [3.8, 4) is 0 Å². The van der Waals surface area contributed by atoms with Gasteiger partial charge in [-0.3, -0.25) is 0 Å². The smallest absolute Gasteiger partial charge is 0.0190 e. The van der Waals surface area contributed by atoms with Crippen molar-refractivity contribution in [2.24, 2.45) is 5.92 Å². The summed E-state index contributed by atoms with van der Waals surface area (Å²) in [6.07, 6.45) is 12.9. The van der Waals surface area contributed by atoms with Crippen molar-refractivity contribution in [1.29, 1.82) is 0 Å². The van der Waals surface area contributed by atoms with Crippen LogP contribution in [0.15, 0.2) is 48.6 Å². The van der Waals surface area contributed by atoms with Crippen LogP contribution in [0.4, 0.5) is 0 Å². The Bertz CT molecular complexity index is 266. The monoisotopic (exact) mass is 278 g/mol. The summed E-state index contributed by atoms with van der Waals surface area (Å²) in [5.41, 5.74) is 2.84. The Hall–Kier alpha value is -1.04. The first kappa shape index (κ1) is 24.0. The SMILES string of the molecule is C=C/C=C(CCCC)/C(=C/C=C)[C@H](C)CC.CC.CC. The molecule has 0 fully saturated rings. The number of hydrogen-bond acceptors (Lipinski definition) is 0. The second-order valence-electron chi connectivity index (χ2n) is 4.20. The normalized spacial score (nSPS) is 12.3. The van der Waals surface area contributed by atoms with E-state index in [9.17, 15) is 0 Å². The van der Waals surface area contributed by atoms with Gasteiger partial charge in [0.1, 0.15) is 0 Å². The second-order valence-corrected chi connectivity index (χ2v) is 4.20. The molecule has 0 aromatic heterocycles. The van der Waals surface area contributed by atoms with Crippen LogP contribution < -0.4 is 0 Å². The molecule has 20 heavy (non-hydrogen) atoms. The molecule has 0 aliphatic rings. The van der Waals surface area contributed by atoms with Gasteiger partial charge in [-0.05, 0) is 36.3 Å². The maximum absolute atomic E-state index is 3.81. The highest BCUT2D eigenvalue weighted by atomic mass is 14.1. The molecule has 0 heterocycles. The molecule has 0 rings (SSSR count). The van der Waals surface area contributed by atoms with Gasteiger partial charge in [-0.1, -0.05) is 92.3 Å². The summed E-state index contributed by atoms with van der Waals surface area (Å²) >= 11 is 0. The molecule has 1 atom stereocenters. The highest BCUT2D eigenvalue weighted by Crippen LogP contribution is 2.26. The molecule has 0 saturated heterocycles. The lowest BCUT2D eigenvalue weighted by atomic mass is 9.88. The van der Waals surface area contributed by atoms with Crippen LogP contribution in [0.3, 0.4) is 0 Å². The summed E-state index contributed by atoms with van der Waals surface area (Å²) in [6.45, 7) is 22.4. The van der Waals surface area contributed by atoms with Gasteiger partial charge < -0.3 is 0 Å². The van der Waals surface area contributed by atoms with E-state index in [0.717, 1.165) is 6.42 Å². The van der Waals surface area contributed by atoms with Crippen LogP contribution in [-0.4, -0.2) is 0 Å². The Kier molecular flexibility index (Phi) is 24.3. The zero-order valence-corrected chi connectivity index (χ0v) is 15.1. The van der Waals surface area contributed by atoms with Gasteiger partial charge in [0.2, 0.25) is 0 Å². The molecule has 0 spiro atoms. The highest BCUT2D eigenvalue weighted by molar-refractivity contribution is 5.37. The number of hydrogen-bond donors (Lipinski definition) is 0. The van der Waals surface area contributed by atoms with E-state index >= 15 is 0 Å². The van der Waals surface area contributed by atoms with Gasteiger partial charge in [-0.25, -0.2) is 0 Å². The van der Waals surface area contributed by atoms with Crippen LogP contribution in [0, 0.1) is 5.92 Å². The fourth-order valence-corrected chi connectivity index (χ4v) is 1.77. The molecule has 0 aliphatic carbocycles. The molecule has 0 N–H and O–H groups in total. The molecule has 0 bridgehead atoms. The van der Waals surface area contributed by atoms with Crippen molar-refractivity contribution in [3.05, 3.63) is 48.6 Å². The van der Waals surface area contributed by atoms with Crippen molar-refractivity contribution in [3.63, 3.8) is 0 Å². The lowest BCUT2D eigenvalue weighted by Crippen LogP contribution is -2.01. The molecule has 0 radical (unpaired) electrons. The average Bonchev–Trinajstić information content (AvgIpc) is 2.52. The van der Waals surface area contributed by atoms with Crippen LogP contribution in [0.1, 0.15) is 74.1 Å². The van der Waals surface area contributed by atoms with E-state index in [1.54, 1.807) is 0 Å². The van der Waals surface area contributed by atoms with Gasteiger partial charge in [0.15, 0.2) is 0 Å². The molecule has 0 aromatic rings. The fourth-order valence-electron chi connectivity index (χ4n) is 1.77. The molecule has 0 saturated carbocycles. The zero-order chi connectivity index (χ0) is 16.4. The molecule has 0 aliphatic heterocycles. The van der Waals surface area contributed by atoms with Crippen LogP contribution in [0.5, 0.6) is 0 Å². The number of unbranched alkanes of at least 4 members (excludes halogenated alkanes) is 1. The lowest BCUT2D eigenvalue weighted by molar-refractivity contribution is 0.647. The summed E-state index contributed by atoms with van der Waals surface area (Å²) in [6, 6.07) is 0. The Balaban J connectivity index is -0.000000656. The van der Waals surface area contributed by atoms with Crippen molar-refractivity contribution >= 4 is 0 Å². The minimum Gasteiger partial charge on any atom is -0.0991 e. The van der Waals surface area contributed by atoms with Crippen LogP contribution in [0.25, 0.3) is 0 Å². The van der Waals surface area contributed by atoms with Crippen LogP contribution in [-0.2, 0) is 0 Å². The Morgan fingerprint density at radius 2 is 1.45 bits per heavy atom. The Morgan fingerprint density at radius 3 is 1.80 bits per heavy atom. The average molecular weight is 279 g/mol. The minimum absolute atomic E-state index is 0.598. The van der Waals surface area contributed by atoms with E-state index in [1.807, 2.05) is 39.8 Å². The van der Waals surface area contributed by atoms with Crippen molar-refractivity contribution in [2.75, 3.05) is 0 Å². The molecule has 0 aromatic carbocycles. The molecule has 0 heteroatoms. The quantitative estimate of drug-likeness (QED) is 0.403. The summed E-state index contributed by atoms with van der Waals surface area (Å²) in [7, 11) is 0.